The van der Waals surface area contributed by atoms with Gasteiger partial charge in [0.1, 0.15) is 7.85 Å². The number of aliphatic hydroxyl groups is 1. The minimum atomic E-state index is -0.905. The molecule has 0 aliphatic rings. The van der Waals surface area contributed by atoms with Crippen LogP contribution in [0.2, 0.25) is 0 Å². The van der Waals surface area contributed by atoms with Gasteiger partial charge in [-0.3, -0.25) is 0 Å². The van der Waals surface area contributed by atoms with Gasteiger partial charge < -0.3 is 10.8 Å². The smallest absolute Gasteiger partial charge is 0.114 e. The van der Waals surface area contributed by atoms with E-state index < -0.39 is 5.60 Å². The van der Waals surface area contributed by atoms with E-state index in [0.717, 1.165) is 0 Å². The predicted molar refractivity (Wildman–Crippen MR) is 51.5 cm³/mol. The lowest BCUT2D eigenvalue weighted by molar-refractivity contribution is 0.0797. The lowest BCUT2D eigenvalue weighted by atomic mass is 9.83. The van der Waals surface area contributed by atoms with E-state index in [-0.39, 0.29) is 0 Å². The Labute approximate surface area is 73.8 Å². The molecule has 1 aromatic rings. The van der Waals surface area contributed by atoms with Gasteiger partial charge in [0.05, 0.1) is 5.60 Å². The Bertz CT molecular complexity index is 291. The normalized spacial score (nSPS) is 11.6. The summed E-state index contributed by atoms with van der Waals surface area (Å²) in [5.74, 6) is 0. The second-order valence-electron chi connectivity index (χ2n) is 3.41. The Morgan fingerprint density at radius 1 is 1.42 bits per heavy atom. The summed E-state index contributed by atoms with van der Waals surface area (Å²) in [5, 5.41) is 9.64. The molecular weight excluding hydrogens is 149 g/mol. The zero-order valence-corrected chi connectivity index (χ0v) is 7.33. The lowest BCUT2D eigenvalue weighted by Gasteiger charge is -2.20. The molecule has 0 atom stereocenters. The average molecular weight is 161 g/mol. The van der Waals surface area contributed by atoms with E-state index in [2.05, 4.69) is 0 Å². The first-order valence-corrected chi connectivity index (χ1v) is 3.79. The van der Waals surface area contributed by atoms with Crippen LogP contribution in [0, 0.1) is 0 Å². The molecule has 2 nitrogen and oxygen atoms in total. The minimum Gasteiger partial charge on any atom is -0.399 e. The summed E-state index contributed by atoms with van der Waals surface area (Å²) in [6, 6.07) is 5.11. The first kappa shape index (κ1) is 9.14. The number of benzene rings is 1. The zero-order valence-electron chi connectivity index (χ0n) is 7.33. The Morgan fingerprint density at radius 3 is 2.42 bits per heavy atom. The third kappa shape index (κ3) is 1.80. The SMILES string of the molecule is [B]c1cc(N)ccc1C(C)(C)O. The van der Waals surface area contributed by atoms with E-state index in [1.165, 1.54) is 0 Å². The van der Waals surface area contributed by atoms with Crippen LogP contribution in [0.25, 0.3) is 0 Å². The average Bonchev–Trinajstić information content (AvgIpc) is 1.83. The van der Waals surface area contributed by atoms with Crippen LogP contribution in [0.15, 0.2) is 18.2 Å². The van der Waals surface area contributed by atoms with Gasteiger partial charge in [-0.25, -0.2) is 0 Å². The van der Waals surface area contributed by atoms with Crippen molar-refractivity contribution in [1.82, 2.24) is 0 Å². The van der Waals surface area contributed by atoms with Gasteiger partial charge in [-0.1, -0.05) is 11.5 Å². The Balaban J connectivity index is 3.19. The van der Waals surface area contributed by atoms with E-state index in [0.29, 0.717) is 16.7 Å². The number of rotatable bonds is 1. The summed E-state index contributed by atoms with van der Waals surface area (Å²) < 4.78 is 0. The molecule has 0 saturated heterocycles. The molecule has 1 rings (SSSR count). The second kappa shape index (κ2) is 2.83. The largest absolute Gasteiger partial charge is 0.399 e. The van der Waals surface area contributed by atoms with Crippen molar-refractivity contribution < 1.29 is 5.11 Å². The van der Waals surface area contributed by atoms with Gasteiger partial charge in [0.15, 0.2) is 0 Å². The summed E-state index contributed by atoms with van der Waals surface area (Å²) in [6.07, 6.45) is 0. The van der Waals surface area contributed by atoms with Crippen LogP contribution in [0.1, 0.15) is 19.4 Å². The van der Waals surface area contributed by atoms with Crippen LogP contribution < -0.4 is 11.2 Å². The first-order valence-electron chi connectivity index (χ1n) is 3.79. The van der Waals surface area contributed by atoms with Crippen LogP contribution >= 0.6 is 0 Å². The van der Waals surface area contributed by atoms with Crippen LogP contribution in [-0.4, -0.2) is 13.0 Å². The van der Waals surface area contributed by atoms with Gasteiger partial charge in [0, 0.05) is 5.69 Å². The summed E-state index contributed by atoms with van der Waals surface area (Å²) in [4.78, 5) is 0. The number of hydrogen-bond donors (Lipinski definition) is 2. The molecule has 0 saturated carbocycles. The Kier molecular flexibility index (Phi) is 2.15. The van der Waals surface area contributed by atoms with Crippen molar-refractivity contribution in [1.29, 1.82) is 0 Å². The van der Waals surface area contributed by atoms with Crippen molar-refractivity contribution >= 4 is 19.0 Å². The number of hydrogen-bond acceptors (Lipinski definition) is 2. The van der Waals surface area contributed by atoms with Gasteiger partial charge in [0.2, 0.25) is 0 Å². The first-order chi connectivity index (χ1) is 5.41. The molecule has 0 aliphatic heterocycles. The maximum Gasteiger partial charge on any atom is 0.114 e. The van der Waals surface area contributed by atoms with Crippen LogP contribution in [-0.2, 0) is 5.60 Å². The van der Waals surface area contributed by atoms with Crippen LogP contribution in [0.5, 0.6) is 0 Å². The lowest BCUT2D eigenvalue weighted by Crippen LogP contribution is -2.25. The third-order valence-electron chi connectivity index (χ3n) is 1.73. The molecule has 0 aliphatic carbocycles. The summed E-state index contributed by atoms with van der Waals surface area (Å²) >= 11 is 0. The van der Waals surface area contributed by atoms with Crippen molar-refractivity contribution in [3.05, 3.63) is 23.8 Å². The van der Waals surface area contributed by atoms with Crippen molar-refractivity contribution in [2.45, 2.75) is 19.4 Å². The van der Waals surface area contributed by atoms with Crippen LogP contribution in [0.3, 0.4) is 0 Å². The van der Waals surface area contributed by atoms with Gasteiger partial charge in [-0.15, -0.1) is 0 Å². The molecule has 3 N–H and O–H groups in total. The van der Waals surface area contributed by atoms with Crippen molar-refractivity contribution in [3.63, 3.8) is 0 Å². The van der Waals surface area contributed by atoms with Crippen molar-refractivity contribution in [2.24, 2.45) is 0 Å². The number of nitrogen functional groups attached to an aromatic ring is 1. The second-order valence-corrected chi connectivity index (χ2v) is 3.41. The minimum absolute atomic E-state index is 0.530. The molecule has 62 valence electrons. The zero-order chi connectivity index (χ0) is 9.35. The molecule has 2 radical (unpaired) electrons. The molecule has 1 aromatic carbocycles. The molecule has 12 heavy (non-hydrogen) atoms. The quantitative estimate of drug-likeness (QED) is 0.459. The van der Waals surface area contributed by atoms with Gasteiger partial charge in [-0.05, 0) is 31.5 Å². The van der Waals surface area contributed by atoms with E-state index in [4.69, 9.17) is 13.6 Å². The Morgan fingerprint density at radius 2 is 2.00 bits per heavy atom. The van der Waals surface area contributed by atoms with E-state index >= 15 is 0 Å². The highest BCUT2D eigenvalue weighted by atomic mass is 16.3. The highest BCUT2D eigenvalue weighted by Crippen LogP contribution is 2.17. The maximum atomic E-state index is 9.64. The summed E-state index contributed by atoms with van der Waals surface area (Å²) in [7, 11) is 5.67. The molecule has 0 unspecified atom stereocenters. The fraction of sp³-hybridized carbons (Fsp3) is 0.333. The standard InChI is InChI=1S/C9H12BNO/c1-9(2,12)7-4-3-6(11)5-8(7)10/h3-5,12H,11H2,1-2H3. The third-order valence-corrected chi connectivity index (χ3v) is 1.73. The van der Waals surface area contributed by atoms with E-state index in [1.807, 2.05) is 0 Å². The van der Waals surface area contributed by atoms with Crippen molar-refractivity contribution in [3.8, 4) is 0 Å². The Hall–Kier alpha value is -0.955. The molecule has 0 heterocycles. The maximum absolute atomic E-state index is 9.64. The summed E-state index contributed by atoms with van der Waals surface area (Å²) in [5.41, 5.74) is 6.45. The number of anilines is 1. The topological polar surface area (TPSA) is 46.2 Å². The van der Waals surface area contributed by atoms with Gasteiger partial charge in [0.25, 0.3) is 0 Å². The number of nitrogens with two attached hydrogens (primary N) is 1. The molecular formula is C9H12BNO. The van der Waals surface area contributed by atoms with E-state index in [1.54, 1.807) is 32.0 Å². The highest BCUT2D eigenvalue weighted by molar-refractivity contribution is 6.33. The van der Waals surface area contributed by atoms with E-state index in [9.17, 15) is 5.11 Å². The van der Waals surface area contributed by atoms with Gasteiger partial charge >= 0.3 is 0 Å². The molecule has 0 fully saturated rings. The fourth-order valence-electron chi connectivity index (χ4n) is 1.14. The van der Waals surface area contributed by atoms with Gasteiger partial charge in [-0.2, -0.15) is 0 Å². The fourth-order valence-corrected chi connectivity index (χ4v) is 1.14. The summed E-state index contributed by atoms with van der Waals surface area (Å²) in [6.45, 7) is 3.38. The molecule has 0 spiro atoms. The molecule has 0 amide bonds. The highest BCUT2D eigenvalue weighted by Gasteiger charge is 2.17. The molecule has 0 bridgehead atoms. The predicted octanol–water partition coefficient (Wildman–Crippen LogP) is 0.290. The van der Waals surface area contributed by atoms with Crippen molar-refractivity contribution in [2.75, 3.05) is 5.73 Å². The molecule has 0 aromatic heterocycles. The van der Waals surface area contributed by atoms with Crippen LogP contribution in [0.4, 0.5) is 5.69 Å². The monoisotopic (exact) mass is 161 g/mol. The molecule has 3 heteroatoms.